The second-order valence-electron chi connectivity index (χ2n) is 6.51. The van der Waals surface area contributed by atoms with Gasteiger partial charge in [0.2, 0.25) is 11.8 Å². The van der Waals surface area contributed by atoms with Crippen LogP contribution in [0, 0.1) is 12.8 Å². The minimum absolute atomic E-state index is 0.00882. The van der Waals surface area contributed by atoms with Crippen LogP contribution in [0.1, 0.15) is 31.0 Å². The summed E-state index contributed by atoms with van der Waals surface area (Å²) in [7, 11) is 0. The maximum absolute atomic E-state index is 12.3. The Kier molecular flexibility index (Phi) is 5.48. The molecule has 0 radical (unpaired) electrons. The standard InChI is InChI=1S/C19H23N3O2S/c1-13-4-3-5-16(10-13)19-21-17(12-25-19)11-20-18(24)15-6-8-22(9-7-15)14(2)23/h3-5,10,12,15H,6-9,11H2,1-2H3,(H,20,24). The Labute approximate surface area is 152 Å². The number of benzene rings is 1. The average molecular weight is 357 g/mol. The van der Waals surface area contributed by atoms with E-state index in [0.29, 0.717) is 19.6 Å². The Morgan fingerprint density at radius 2 is 2.08 bits per heavy atom. The summed E-state index contributed by atoms with van der Waals surface area (Å²) in [6.45, 7) is 5.43. The summed E-state index contributed by atoms with van der Waals surface area (Å²) in [5.41, 5.74) is 3.20. The van der Waals surface area contributed by atoms with Crippen LogP contribution in [0.5, 0.6) is 0 Å². The second-order valence-corrected chi connectivity index (χ2v) is 7.37. The first-order valence-corrected chi connectivity index (χ1v) is 9.45. The number of carbonyl (C=O) groups excluding carboxylic acids is 2. The van der Waals surface area contributed by atoms with Gasteiger partial charge in [-0.25, -0.2) is 4.98 Å². The molecule has 0 spiro atoms. The Morgan fingerprint density at radius 3 is 2.76 bits per heavy atom. The number of carbonyl (C=O) groups is 2. The molecule has 3 rings (SSSR count). The van der Waals surface area contributed by atoms with Gasteiger partial charge >= 0.3 is 0 Å². The molecule has 0 atom stereocenters. The minimum atomic E-state index is -0.00882. The molecule has 1 saturated heterocycles. The molecule has 1 fully saturated rings. The van der Waals surface area contributed by atoms with Crippen LogP contribution in [0.3, 0.4) is 0 Å². The number of aryl methyl sites for hydroxylation is 1. The molecule has 5 nitrogen and oxygen atoms in total. The zero-order chi connectivity index (χ0) is 17.8. The fraction of sp³-hybridized carbons (Fsp3) is 0.421. The molecule has 2 heterocycles. The predicted molar refractivity (Wildman–Crippen MR) is 99.1 cm³/mol. The molecule has 1 aliphatic heterocycles. The lowest BCUT2D eigenvalue weighted by atomic mass is 9.96. The van der Waals surface area contributed by atoms with E-state index in [4.69, 9.17) is 0 Å². The van der Waals surface area contributed by atoms with Crippen molar-refractivity contribution < 1.29 is 9.59 Å². The maximum atomic E-state index is 12.3. The number of nitrogens with one attached hydrogen (secondary N) is 1. The first-order valence-electron chi connectivity index (χ1n) is 8.57. The molecule has 1 aliphatic rings. The molecule has 1 aromatic carbocycles. The average Bonchev–Trinajstić information content (AvgIpc) is 3.09. The third kappa shape index (κ3) is 4.45. The second kappa shape index (κ2) is 7.78. The van der Waals surface area contributed by atoms with Gasteiger partial charge in [0.05, 0.1) is 12.2 Å². The van der Waals surface area contributed by atoms with Gasteiger partial charge in [-0.1, -0.05) is 23.8 Å². The topological polar surface area (TPSA) is 62.3 Å². The zero-order valence-electron chi connectivity index (χ0n) is 14.6. The van der Waals surface area contributed by atoms with E-state index in [1.165, 1.54) is 5.56 Å². The number of hydrogen-bond acceptors (Lipinski definition) is 4. The van der Waals surface area contributed by atoms with Crippen LogP contribution in [-0.4, -0.2) is 34.8 Å². The lowest BCUT2D eigenvalue weighted by Gasteiger charge is -2.30. The first-order chi connectivity index (χ1) is 12.0. The molecule has 0 aliphatic carbocycles. The summed E-state index contributed by atoms with van der Waals surface area (Å²) in [6.07, 6.45) is 1.47. The summed E-state index contributed by atoms with van der Waals surface area (Å²) < 4.78 is 0. The van der Waals surface area contributed by atoms with Crippen molar-refractivity contribution in [3.05, 3.63) is 40.9 Å². The molecule has 1 N–H and O–H groups in total. The van der Waals surface area contributed by atoms with Crippen molar-refractivity contribution in [1.82, 2.24) is 15.2 Å². The van der Waals surface area contributed by atoms with Gasteiger partial charge in [-0.3, -0.25) is 9.59 Å². The zero-order valence-corrected chi connectivity index (χ0v) is 15.4. The normalized spacial score (nSPS) is 15.2. The Bertz CT molecular complexity index is 764. The molecular formula is C19H23N3O2S. The van der Waals surface area contributed by atoms with E-state index >= 15 is 0 Å². The molecule has 132 valence electrons. The summed E-state index contributed by atoms with van der Waals surface area (Å²) in [6, 6.07) is 8.26. The number of rotatable bonds is 4. The van der Waals surface area contributed by atoms with Crippen molar-refractivity contribution in [2.24, 2.45) is 5.92 Å². The van der Waals surface area contributed by atoms with E-state index in [0.717, 1.165) is 29.1 Å². The van der Waals surface area contributed by atoms with Crippen molar-refractivity contribution >= 4 is 23.2 Å². The number of aromatic nitrogens is 1. The van der Waals surface area contributed by atoms with Gasteiger partial charge in [-0.05, 0) is 25.8 Å². The first kappa shape index (κ1) is 17.6. The van der Waals surface area contributed by atoms with Gasteiger partial charge in [-0.2, -0.15) is 0 Å². The molecule has 0 unspecified atom stereocenters. The fourth-order valence-electron chi connectivity index (χ4n) is 3.08. The molecule has 0 saturated carbocycles. The lowest BCUT2D eigenvalue weighted by molar-refractivity contribution is -0.134. The van der Waals surface area contributed by atoms with E-state index < -0.39 is 0 Å². The Morgan fingerprint density at radius 1 is 1.32 bits per heavy atom. The number of amides is 2. The van der Waals surface area contributed by atoms with E-state index in [9.17, 15) is 9.59 Å². The van der Waals surface area contributed by atoms with Crippen molar-refractivity contribution in [2.45, 2.75) is 33.2 Å². The molecule has 6 heteroatoms. The largest absolute Gasteiger partial charge is 0.350 e. The van der Waals surface area contributed by atoms with E-state index in [1.807, 2.05) is 11.4 Å². The molecule has 25 heavy (non-hydrogen) atoms. The Balaban J connectivity index is 1.52. The number of nitrogens with zero attached hydrogens (tertiary/aromatic N) is 2. The molecule has 1 aromatic heterocycles. The third-order valence-corrected chi connectivity index (χ3v) is 5.51. The van der Waals surface area contributed by atoms with Crippen LogP contribution >= 0.6 is 11.3 Å². The van der Waals surface area contributed by atoms with Crippen LogP contribution in [0.15, 0.2) is 29.6 Å². The van der Waals surface area contributed by atoms with Crippen LogP contribution < -0.4 is 5.32 Å². The van der Waals surface area contributed by atoms with Gasteiger partial charge in [0.1, 0.15) is 5.01 Å². The quantitative estimate of drug-likeness (QED) is 0.915. The SMILES string of the molecule is CC(=O)N1CCC(C(=O)NCc2csc(-c3cccc(C)c3)n2)CC1. The lowest BCUT2D eigenvalue weighted by Crippen LogP contribution is -2.42. The van der Waals surface area contributed by atoms with Crippen molar-refractivity contribution in [1.29, 1.82) is 0 Å². The van der Waals surface area contributed by atoms with Gasteiger partial charge in [-0.15, -0.1) is 11.3 Å². The predicted octanol–water partition coefficient (Wildman–Crippen LogP) is 2.99. The van der Waals surface area contributed by atoms with Gasteiger partial charge < -0.3 is 10.2 Å². The molecule has 0 bridgehead atoms. The van der Waals surface area contributed by atoms with Crippen LogP contribution in [0.25, 0.3) is 10.6 Å². The van der Waals surface area contributed by atoms with E-state index in [2.05, 4.69) is 35.4 Å². The van der Waals surface area contributed by atoms with E-state index in [1.54, 1.807) is 23.2 Å². The van der Waals surface area contributed by atoms with Crippen molar-refractivity contribution in [2.75, 3.05) is 13.1 Å². The van der Waals surface area contributed by atoms with E-state index in [-0.39, 0.29) is 17.7 Å². The smallest absolute Gasteiger partial charge is 0.223 e. The molecule has 2 aromatic rings. The van der Waals surface area contributed by atoms with Crippen LogP contribution in [0.4, 0.5) is 0 Å². The monoisotopic (exact) mass is 357 g/mol. The molecular weight excluding hydrogens is 334 g/mol. The van der Waals surface area contributed by atoms with Crippen LogP contribution in [0.2, 0.25) is 0 Å². The fourth-order valence-corrected chi connectivity index (χ4v) is 3.89. The highest BCUT2D eigenvalue weighted by Gasteiger charge is 2.25. The minimum Gasteiger partial charge on any atom is -0.350 e. The highest BCUT2D eigenvalue weighted by Crippen LogP contribution is 2.24. The van der Waals surface area contributed by atoms with Gasteiger partial charge in [0.15, 0.2) is 0 Å². The highest BCUT2D eigenvalue weighted by molar-refractivity contribution is 7.13. The summed E-state index contributed by atoms with van der Waals surface area (Å²) in [5, 5.41) is 5.96. The number of likely N-dealkylation sites (tertiary alicyclic amines) is 1. The van der Waals surface area contributed by atoms with Crippen LogP contribution in [-0.2, 0) is 16.1 Å². The van der Waals surface area contributed by atoms with Gasteiger partial charge in [0, 0.05) is 36.9 Å². The number of hydrogen-bond donors (Lipinski definition) is 1. The van der Waals surface area contributed by atoms with Gasteiger partial charge in [0.25, 0.3) is 0 Å². The Hall–Kier alpha value is -2.21. The third-order valence-electron chi connectivity index (χ3n) is 4.57. The van der Waals surface area contributed by atoms with Crippen molar-refractivity contribution in [3.63, 3.8) is 0 Å². The molecule has 2 amide bonds. The summed E-state index contributed by atoms with van der Waals surface area (Å²) >= 11 is 1.60. The summed E-state index contributed by atoms with van der Waals surface area (Å²) in [4.78, 5) is 30.1. The number of thiazole rings is 1. The van der Waals surface area contributed by atoms with Crippen molar-refractivity contribution in [3.8, 4) is 10.6 Å². The number of piperidine rings is 1. The maximum Gasteiger partial charge on any atom is 0.223 e. The summed E-state index contributed by atoms with van der Waals surface area (Å²) in [5.74, 6) is 0.142. The highest BCUT2D eigenvalue weighted by atomic mass is 32.1.